The number of benzene rings is 2. The van der Waals surface area contributed by atoms with Gasteiger partial charge in [-0.15, -0.1) is 0 Å². The van der Waals surface area contributed by atoms with Crippen LogP contribution in [0.1, 0.15) is 12.8 Å². The van der Waals surface area contributed by atoms with E-state index in [-0.39, 0.29) is 5.82 Å². The zero-order valence-corrected chi connectivity index (χ0v) is 25.5. The molecule has 5 heterocycles. The zero-order valence-electron chi connectivity index (χ0n) is 25.5. The minimum absolute atomic E-state index is 0.304. The van der Waals surface area contributed by atoms with Crippen molar-refractivity contribution in [3.63, 3.8) is 0 Å². The number of para-hydroxylation sites is 1. The summed E-state index contributed by atoms with van der Waals surface area (Å²) in [6.45, 7) is 5.38. The Bertz CT molecular complexity index is 1940. The highest BCUT2D eigenvalue weighted by Crippen LogP contribution is 2.34. The summed E-state index contributed by atoms with van der Waals surface area (Å²) in [6, 6.07) is 14.9. The summed E-state index contributed by atoms with van der Waals surface area (Å²) in [7, 11) is 4.02. The van der Waals surface area contributed by atoms with Gasteiger partial charge >= 0.3 is 0 Å². The van der Waals surface area contributed by atoms with Crippen LogP contribution in [0.25, 0.3) is 55.8 Å². The number of fused-ring (bicyclic) bond motifs is 2. The zero-order chi connectivity index (χ0) is 30.8. The Hall–Kier alpha value is -4.87. The second kappa shape index (κ2) is 12.6. The van der Waals surface area contributed by atoms with E-state index in [1.54, 1.807) is 24.7 Å². The lowest BCUT2D eigenvalue weighted by Crippen LogP contribution is -2.25. The molecule has 1 saturated heterocycles. The fourth-order valence-electron chi connectivity index (χ4n) is 5.84. The van der Waals surface area contributed by atoms with E-state index >= 15 is 0 Å². The van der Waals surface area contributed by atoms with Crippen molar-refractivity contribution in [3.8, 4) is 39.7 Å². The number of aromatic amines is 2. The minimum atomic E-state index is -0.304. The van der Waals surface area contributed by atoms with Crippen molar-refractivity contribution < 1.29 is 9.13 Å². The monoisotopic (exact) mass is 605 g/mol. The van der Waals surface area contributed by atoms with Crippen molar-refractivity contribution in [2.75, 3.05) is 58.7 Å². The molecule has 3 N–H and O–H groups in total. The maximum atomic E-state index is 14.7. The predicted molar refractivity (Wildman–Crippen MR) is 176 cm³/mol. The Labute approximate surface area is 260 Å². The summed E-state index contributed by atoms with van der Waals surface area (Å²) >= 11 is 0. The molecule has 0 saturated carbocycles. The van der Waals surface area contributed by atoms with E-state index in [9.17, 15) is 4.39 Å². The number of likely N-dealkylation sites (N-methyl/N-ethyl adjacent to an activating group) is 1. The molecule has 4 aromatic heterocycles. The van der Waals surface area contributed by atoms with Gasteiger partial charge in [-0.1, -0.05) is 12.1 Å². The number of H-pyrrole nitrogens is 2. The summed E-state index contributed by atoms with van der Waals surface area (Å²) in [6.07, 6.45) is 7.83. The van der Waals surface area contributed by atoms with Crippen molar-refractivity contribution in [2.24, 2.45) is 0 Å². The van der Waals surface area contributed by atoms with Gasteiger partial charge in [0.25, 0.3) is 0 Å². The third-order valence-corrected chi connectivity index (χ3v) is 8.17. The van der Waals surface area contributed by atoms with Gasteiger partial charge < -0.3 is 19.9 Å². The molecule has 0 unspecified atom stereocenters. The van der Waals surface area contributed by atoms with E-state index in [1.165, 1.54) is 18.9 Å². The van der Waals surface area contributed by atoms with Crippen LogP contribution in [0, 0.1) is 5.82 Å². The fourth-order valence-corrected chi connectivity index (χ4v) is 5.84. The molecule has 0 atom stereocenters. The number of pyridine rings is 2. The third-order valence-electron chi connectivity index (χ3n) is 8.17. The molecule has 0 spiro atoms. The minimum Gasteiger partial charge on any atom is -0.491 e. The number of halogens is 1. The largest absolute Gasteiger partial charge is 0.491 e. The molecule has 2 aromatic carbocycles. The standard InChI is InChI=1S/C34H36FN9O/c1-43(2)11-8-37-25-15-22(14-24(35)17-25)27-6-5-7-29-32(27)40-34(39-29)33-28-18-30(38-21-31(28)41-42-33)23-16-26(20-36-19-23)45-13-12-44-9-3-4-10-44/h5-7,14-21,37H,3-4,8-13H2,1-2H3,(H,39,40)(H,41,42). The Balaban J connectivity index is 1.17. The SMILES string of the molecule is CN(C)CCNc1cc(F)cc(-c2cccc3[nH]c(-c4n[nH]c5cnc(-c6cncc(OCCN7CCCC7)c6)cc45)nc23)c1. The van der Waals surface area contributed by atoms with E-state index in [0.29, 0.717) is 24.7 Å². The molecule has 6 aromatic rings. The van der Waals surface area contributed by atoms with E-state index in [0.717, 1.165) is 81.9 Å². The number of nitrogens with one attached hydrogen (secondary N) is 3. The molecule has 1 aliphatic heterocycles. The Morgan fingerprint density at radius 2 is 1.89 bits per heavy atom. The van der Waals surface area contributed by atoms with Crippen LogP contribution in [0.4, 0.5) is 10.1 Å². The van der Waals surface area contributed by atoms with Gasteiger partial charge in [-0.05, 0) is 82.0 Å². The lowest BCUT2D eigenvalue weighted by atomic mass is 10.0. The van der Waals surface area contributed by atoms with E-state index < -0.39 is 0 Å². The maximum Gasteiger partial charge on any atom is 0.159 e. The van der Waals surface area contributed by atoms with Crippen LogP contribution in [0.15, 0.2) is 67.1 Å². The van der Waals surface area contributed by atoms with Gasteiger partial charge in [0.05, 0.1) is 34.6 Å². The summed E-state index contributed by atoms with van der Waals surface area (Å²) in [5.74, 6) is 1.03. The van der Waals surface area contributed by atoms with Crippen LogP contribution >= 0.6 is 0 Å². The molecule has 0 amide bonds. The first kappa shape index (κ1) is 28.9. The number of imidazole rings is 1. The average molecular weight is 606 g/mol. The van der Waals surface area contributed by atoms with Crippen molar-refractivity contribution in [3.05, 3.63) is 72.9 Å². The van der Waals surface area contributed by atoms with Gasteiger partial charge in [0.2, 0.25) is 0 Å². The number of hydrogen-bond acceptors (Lipinski definition) is 8. The number of aromatic nitrogens is 6. The molecular weight excluding hydrogens is 569 g/mol. The van der Waals surface area contributed by atoms with Crippen molar-refractivity contribution in [2.45, 2.75) is 12.8 Å². The molecule has 11 heteroatoms. The number of hydrogen-bond donors (Lipinski definition) is 3. The summed E-state index contributed by atoms with van der Waals surface area (Å²) in [4.78, 5) is 22.0. The first-order chi connectivity index (χ1) is 22.0. The van der Waals surface area contributed by atoms with Crippen molar-refractivity contribution >= 4 is 27.6 Å². The molecule has 0 aliphatic carbocycles. The molecule has 1 aliphatic rings. The van der Waals surface area contributed by atoms with Crippen LogP contribution in [0.2, 0.25) is 0 Å². The second-order valence-corrected chi connectivity index (χ2v) is 11.7. The van der Waals surface area contributed by atoms with Gasteiger partial charge in [0.15, 0.2) is 5.82 Å². The van der Waals surface area contributed by atoms with Gasteiger partial charge in [-0.3, -0.25) is 20.0 Å². The normalized spacial score (nSPS) is 13.8. The van der Waals surface area contributed by atoms with Crippen molar-refractivity contribution in [1.82, 2.24) is 39.9 Å². The van der Waals surface area contributed by atoms with Crippen LogP contribution < -0.4 is 10.1 Å². The number of nitrogens with zero attached hydrogens (tertiary/aromatic N) is 6. The van der Waals surface area contributed by atoms with Gasteiger partial charge in [0.1, 0.15) is 23.9 Å². The Morgan fingerprint density at radius 1 is 1.00 bits per heavy atom. The Morgan fingerprint density at radius 3 is 2.76 bits per heavy atom. The number of likely N-dealkylation sites (tertiary alicyclic amines) is 1. The lowest BCUT2D eigenvalue weighted by molar-refractivity contribution is 0.237. The first-order valence-electron chi connectivity index (χ1n) is 15.3. The van der Waals surface area contributed by atoms with Crippen LogP contribution in [0.5, 0.6) is 5.75 Å². The van der Waals surface area contributed by atoms with Gasteiger partial charge in [0, 0.05) is 48.0 Å². The summed E-state index contributed by atoms with van der Waals surface area (Å²) in [5, 5.41) is 11.9. The average Bonchev–Trinajstić information content (AvgIpc) is 3.80. The summed E-state index contributed by atoms with van der Waals surface area (Å²) < 4.78 is 20.7. The highest BCUT2D eigenvalue weighted by atomic mass is 19.1. The highest BCUT2D eigenvalue weighted by molar-refractivity contribution is 5.98. The summed E-state index contributed by atoms with van der Waals surface area (Å²) in [5.41, 5.74) is 6.97. The second-order valence-electron chi connectivity index (χ2n) is 11.7. The quantitative estimate of drug-likeness (QED) is 0.170. The highest BCUT2D eigenvalue weighted by Gasteiger charge is 2.17. The van der Waals surface area contributed by atoms with Crippen LogP contribution in [-0.4, -0.2) is 93.4 Å². The number of rotatable bonds is 11. The topological polar surface area (TPSA) is 111 Å². The number of ether oxygens (including phenoxy) is 1. The van der Waals surface area contributed by atoms with E-state index in [4.69, 9.17) is 9.72 Å². The molecule has 0 bridgehead atoms. The molecular formula is C34H36FN9O. The molecule has 230 valence electrons. The fraction of sp³-hybridized carbons (Fsp3) is 0.294. The van der Waals surface area contributed by atoms with Crippen LogP contribution in [0.3, 0.4) is 0 Å². The predicted octanol–water partition coefficient (Wildman–Crippen LogP) is 5.82. The molecule has 7 rings (SSSR count). The van der Waals surface area contributed by atoms with E-state index in [1.807, 2.05) is 50.5 Å². The van der Waals surface area contributed by atoms with Crippen molar-refractivity contribution in [1.29, 1.82) is 0 Å². The molecule has 45 heavy (non-hydrogen) atoms. The van der Waals surface area contributed by atoms with Crippen LogP contribution in [-0.2, 0) is 0 Å². The first-order valence-corrected chi connectivity index (χ1v) is 15.3. The van der Waals surface area contributed by atoms with Gasteiger partial charge in [-0.25, -0.2) is 9.37 Å². The van der Waals surface area contributed by atoms with Gasteiger partial charge in [-0.2, -0.15) is 5.10 Å². The smallest absolute Gasteiger partial charge is 0.159 e. The molecule has 10 nitrogen and oxygen atoms in total. The van der Waals surface area contributed by atoms with E-state index in [2.05, 4.69) is 40.3 Å². The molecule has 1 fully saturated rings. The Kier molecular flexibility index (Phi) is 8.10. The third kappa shape index (κ3) is 6.36. The maximum absolute atomic E-state index is 14.7. The lowest BCUT2D eigenvalue weighted by Gasteiger charge is -2.15. The molecule has 0 radical (unpaired) electrons. The number of anilines is 1.